The van der Waals surface area contributed by atoms with Gasteiger partial charge >= 0.3 is 5.97 Å². The van der Waals surface area contributed by atoms with Crippen molar-refractivity contribution in [3.05, 3.63) is 0 Å². The molecule has 1 aliphatic rings. The van der Waals surface area contributed by atoms with Gasteiger partial charge in [-0.3, -0.25) is 9.69 Å². The highest BCUT2D eigenvalue weighted by atomic mass is 16.5. The van der Waals surface area contributed by atoms with Crippen molar-refractivity contribution >= 4 is 5.97 Å². The molecule has 0 amide bonds. The van der Waals surface area contributed by atoms with Crippen molar-refractivity contribution in [3.63, 3.8) is 0 Å². The molecule has 1 N–H and O–H groups in total. The summed E-state index contributed by atoms with van der Waals surface area (Å²) in [6.07, 6.45) is 3.12. The molecule has 0 aromatic rings. The van der Waals surface area contributed by atoms with Gasteiger partial charge in [0.05, 0.1) is 19.6 Å². The lowest BCUT2D eigenvalue weighted by molar-refractivity contribution is -0.142. The van der Waals surface area contributed by atoms with Crippen LogP contribution < -0.4 is 0 Å². The smallest absolute Gasteiger partial charge is 0.305 e. The molecular weight excluding hydrogens is 206 g/mol. The molecule has 0 radical (unpaired) electrons. The second-order valence-corrected chi connectivity index (χ2v) is 4.50. The van der Waals surface area contributed by atoms with Gasteiger partial charge in [-0.25, -0.2) is 0 Å². The highest BCUT2D eigenvalue weighted by Crippen LogP contribution is 2.30. The van der Waals surface area contributed by atoms with E-state index in [0.29, 0.717) is 0 Å². The number of ether oxygens (including phenoxy) is 1. The fraction of sp³-hybridized carbons (Fsp3) is 0.917. The van der Waals surface area contributed by atoms with E-state index in [4.69, 9.17) is 9.84 Å². The Hall–Kier alpha value is -0.610. The third-order valence-corrected chi connectivity index (χ3v) is 3.54. The summed E-state index contributed by atoms with van der Waals surface area (Å²) in [4.78, 5) is 13.3. The molecule has 16 heavy (non-hydrogen) atoms. The Morgan fingerprint density at radius 3 is 2.44 bits per heavy atom. The normalized spacial score (nSPS) is 21.6. The van der Waals surface area contributed by atoms with Gasteiger partial charge in [0.2, 0.25) is 0 Å². The number of hydrogen-bond acceptors (Lipinski definition) is 3. The van der Waals surface area contributed by atoms with Gasteiger partial charge in [0.1, 0.15) is 0 Å². The van der Waals surface area contributed by atoms with E-state index in [0.717, 1.165) is 45.6 Å². The number of carbonyl (C=O) groups is 1. The molecule has 1 unspecified atom stereocenters. The average molecular weight is 229 g/mol. The molecule has 0 bridgehead atoms. The number of carboxylic acid groups (broad SMARTS) is 1. The molecular formula is C12H23NO3. The maximum absolute atomic E-state index is 11.0. The fourth-order valence-corrected chi connectivity index (χ4v) is 2.67. The Morgan fingerprint density at radius 2 is 2.00 bits per heavy atom. The number of aliphatic carboxylic acids is 1. The Bertz CT molecular complexity index is 226. The quantitative estimate of drug-likeness (QED) is 0.753. The highest BCUT2D eigenvalue weighted by Gasteiger charge is 2.37. The topological polar surface area (TPSA) is 49.8 Å². The van der Waals surface area contributed by atoms with Crippen molar-refractivity contribution in [1.29, 1.82) is 0 Å². The molecule has 1 fully saturated rings. The largest absolute Gasteiger partial charge is 0.481 e. The van der Waals surface area contributed by atoms with Gasteiger partial charge < -0.3 is 9.84 Å². The van der Waals surface area contributed by atoms with E-state index < -0.39 is 5.97 Å². The van der Waals surface area contributed by atoms with Crippen LogP contribution in [0, 0.1) is 0 Å². The molecule has 1 atom stereocenters. The number of rotatable bonds is 6. The van der Waals surface area contributed by atoms with Crippen LogP contribution in [0.15, 0.2) is 0 Å². The fourth-order valence-electron chi connectivity index (χ4n) is 2.67. The Kier molecular flexibility index (Phi) is 5.22. The maximum atomic E-state index is 11.0. The Morgan fingerprint density at radius 1 is 1.38 bits per heavy atom. The van der Waals surface area contributed by atoms with E-state index in [1.807, 2.05) is 0 Å². The van der Waals surface area contributed by atoms with E-state index in [9.17, 15) is 4.79 Å². The molecule has 1 saturated heterocycles. The summed E-state index contributed by atoms with van der Waals surface area (Å²) in [6.45, 7) is 7.39. The van der Waals surface area contributed by atoms with Crippen molar-refractivity contribution in [1.82, 2.24) is 4.90 Å². The first-order valence-corrected chi connectivity index (χ1v) is 6.19. The summed E-state index contributed by atoms with van der Waals surface area (Å²) in [5.74, 6) is -0.693. The van der Waals surface area contributed by atoms with Gasteiger partial charge in [-0.1, -0.05) is 20.3 Å². The summed E-state index contributed by atoms with van der Waals surface area (Å²) in [5, 5.41) is 9.08. The molecule has 0 aliphatic carbocycles. The van der Waals surface area contributed by atoms with Crippen molar-refractivity contribution in [3.8, 4) is 0 Å². The third kappa shape index (κ3) is 3.19. The summed E-state index contributed by atoms with van der Waals surface area (Å²) >= 11 is 0. The van der Waals surface area contributed by atoms with Crippen molar-refractivity contribution in [2.75, 3.05) is 26.3 Å². The van der Waals surface area contributed by atoms with Gasteiger partial charge in [-0.15, -0.1) is 0 Å². The van der Waals surface area contributed by atoms with Crippen molar-refractivity contribution in [2.45, 2.75) is 45.1 Å². The number of hydrogen-bond donors (Lipinski definition) is 1. The Labute approximate surface area is 97.6 Å². The van der Waals surface area contributed by atoms with E-state index >= 15 is 0 Å². The van der Waals surface area contributed by atoms with Crippen LogP contribution in [-0.2, 0) is 9.53 Å². The maximum Gasteiger partial charge on any atom is 0.305 e. The molecule has 0 spiro atoms. The van der Waals surface area contributed by atoms with Gasteiger partial charge in [0.25, 0.3) is 0 Å². The molecule has 4 heteroatoms. The van der Waals surface area contributed by atoms with Crippen LogP contribution in [0.3, 0.4) is 0 Å². The lowest BCUT2D eigenvalue weighted by Gasteiger charge is -2.44. The summed E-state index contributed by atoms with van der Waals surface area (Å²) < 4.78 is 5.33. The number of carboxylic acids is 1. The predicted octanol–water partition coefficient (Wildman–Crippen LogP) is 1.74. The molecule has 1 aliphatic heterocycles. The number of morpholine rings is 1. The average Bonchev–Trinajstić information content (AvgIpc) is 2.29. The first kappa shape index (κ1) is 13.5. The van der Waals surface area contributed by atoms with Crippen LogP contribution in [0.4, 0.5) is 0 Å². The second-order valence-electron chi connectivity index (χ2n) is 4.50. The zero-order chi connectivity index (χ0) is 12.0. The van der Waals surface area contributed by atoms with Gasteiger partial charge in [0.15, 0.2) is 0 Å². The Balaban J connectivity index is 2.76. The van der Waals surface area contributed by atoms with Gasteiger partial charge in [-0.2, -0.15) is 0 Å². The lowest BCUT2D eigenvalue weighted by atomic mass is 9.85. The molecule has 0 aromatic carbocycles. The first-order chi connectivity index (χ1) is 7.64. The SMILES string of the molecule is CCCC(CC)(CC(=O)O)N1CCOCC1. The van der Waals surface area contributed by atoms with Crippen LogP contribution in [0.1, 0.15) is 39.5 Å². The van der Waals surface area contributed by atoms with E-state index in [2.05, 4.69) is 18.7 Å². The highest BCUT2D eigenvalue weighted by molar-refractivity contribution is 5.68. The van der Waals surface area contributed by atoms with Gasteiger partial charge in [0, 0.05) is 18.6 Å². The minimum absolute atomic E-state index is 0.162. The van der Waals surface area contributed by atoms with Crippen LogP contribution >= 0.6 is 0 Å². The van der Waals surface area contributed by atoms with Crippen LogP contribution in [-0.4, -0.2) is 47.8 Å². The van der Waals surface area contributed by atoms with Crippen molar-refractivity contribution < 1.29 is 14.6 Å². The summed E-state index contributed by atoms with van der Waals surface area (Å²) in [7, 11) is 0. The van der Waals surface area contributed by atoms with Crippen molar-refractivity contribution in [2.24, 2.45) is 0 Å². The molecule has 1 rings (SSSR count). The van der Waals surface area contributed by atoms with Crippen LogP contribution in [0.2, 0.25) is 0 Å². The zero-order valence-corrected chi connectivity index (χ0v) is 10.4. The van der Waals surface area contributed by atoms with Gasteiger partial charge in [-0.05, 0) is 12.8 Å². The van der Waals surface area contributed by atoms with E-state index in [1.54, 1.807) is 0 Å². The minimum atomic E-state index is -0.693. The standard InChI is InChI=1S/C12H23NO3/c1-3-5-12(4-2,10-11(14)15)13-6-8-16-9-7-13/h3-10H2,1-2H3,(H,14,15). The van der Waals surface area contributed by atoms with E-state index in [1.165, 1.54) is 0 Å². The summed E-state index contributed by atoms with van der Waals surface area (Å²) in [5.41, 5.74) is -0.162. The zero-order valence-electron chi connectivity index (χ0n) is 10.4. The van der Waals surface area contributed by atoms with Crippen LogP contribution in [0.5, 0.6) is 0 Å². The first-order valence-electron chi connectivity index (χ1n) is 6.19. The molecule has 0 aromatic heterocycles. The summed E-state index contributed by atoms with van der Waals surface area (Å²) in [6, 6.07) is 0. The molecule has 94 valence electrons. The second kappa shape index (κ2) is 6.21. The molecule has 1 heterocycles. The lowest BCUT2D eigenvalue weighted by Crippen LogP contribution is -2.54. The third-order valence-electron chi connectivity index (χ3n) is 3.54. The van der Waals surface area contributed by atoms with E-state index in [-0.39, 0.29) is 12.0 Å². The number of nitrogens with zero attached hydrogens (tertiary/aromatic N) is 1. The molecule has 0 saturated carbocycles. The predicted molar refractivity (Wildman–Crippen MR) is 62.6 cm³/mol. The minimum Gasteiger partial charge on any atom is -0.481 e. The molecule has 4 nitrogen and oxygen atoms in total. The monoisotopic (exact) mass is 229 g/mol. The van der Waals surface area contributed by atoms with Crippen LogP contribution in [0.25, 0.3) is 0 Å².